The zero-order valence-electron chi connectivity index (χ0n) is 18.7. The maximum Gasteiger partial charge on any atom is 0.436 e. The van der Waals surface area contributed by atoms with Crippen LogP contribution in [-0.2, 0) is 24.4 Å². The summed E-state index contributed by atoms with van der Waals surface area (Å²) >= 11 is 0. The van der Waals surface area contributed by atoms with Crippen molar-refractivity contribution < 1.29 is 36.5 Å². The largest absolute Gasteiger partial charge is 0.453 e. The Morgan fingerprint density at radius 3 is 2.26 bits per heavy atom. The van der Waals surface area contributed by atoms with Crippen LogP contribution in [0.1, 0.15) is 19.8 Å². The number of nitrogens with zero attached hydrogens (tertiary/aromatic N) is 1. The van der Waals surface area contributed by atoms with E-state index in [0.717, 1.165) is 14.2 Å². The normalized spacial score (nSPS) is 11.2. The summed E-state index contributed by atoms with van der Waals surface area (Å²) in [5.74, 6) is -0.841. The predicted molar refractivity (Wildman–Crippen MR) is 123 cm³/mol. The van der Waals surface area contributed by atoms with Crippen molar-refractivity contribution in [2.45, 2.75) is 24.7 Å². The number of anilines is 2. The third kappa shape index (κ3) is 7.78. The van der Waals surface area contributed by atoms with Gasteiger partial charge in [-0.1, -0.05) is 25.1 Å². The maximum absolute atomic E-state index is 12.6. The van der Waals surface area contributed by atoms with Crippen molar-refractivity contribution in [3.05, 3.63) is 48.5 Å². The summed E-state index contributed by atoms with van der Waals surface area (Å²) in [4.78, 5) is 38.9. The van der Waals surface area contributed by atoms with E-state index < -0.39 is 28.3 Å². The summed E-state index contributed by atoms with van der Waals surface area (Å²) in [7, 11) is -1.97. The van der Waals surface area contributed by atoms with Crippen LogP contribution in [0.3, 0.4) is 0 Å². The summed E-state index contributed by atoms with van der Waals surface area (Å²) in [5.41, 5.74) is 0.261. The Kier molecular flexibility index (Phi) is 9.38. The van der Waals surface area contributed by atoms with Crippen molar-refractivity contribution >= 4 is 45.5 Å². The van der Waals surface area contributed by atoms with Gasteiger partial charge in [-0.2, -0.15) is 8.42 Å². The van der Waals surface area contributed by atoms with Gasteiger partial charge >= 0.3 is 22.3 Å². The van der Waals surface area contributed by atoms with Gasteiger partial charge in [0.25, 0.3) is 0 Å². The lowest BCUT2D eigenvalue weighted by Gasteiger charge is -2.16. The van der Waals surface area contributed by atoms with E-state index in [1.54, 1.807) is 18.2 Å². The summed E-state index contributed by atoms with van der Waals surface area (Å²) in [6.07, 6.45) is -1.19. The van der Waals surface area contributed by atoms with Crippen molar-refractivity contribution in [3.8, 4) is 5.75 Å². The van der Waals surface area contributed by atoms with Gasteiger partial charge in [-0.3, -0.25) is 10.1 Å². The number of hydrogen-bond acceptors (Lipinski definition) is 8. The molecule has 0 bridgehead atoms. The standard InChI is InChI=1S/C21H24N4O8S/c1-4-8-18(26)22-16-12-11-14(33-34(29,30)15-9-6-5-7-10-15)13-17(16)23-19(24-20(27)31-2)25-21(28)32-3/h5-7,9-13H,4,8H2,1-3H3,(H,22,26)(H2,23,24,25,27,28). The van der Waals surface area contributed by atoms with E-state index in [1.165, 1.54) is 30.3 Å². The first-order chi connectivity index (χ1) is 16.2. The number of aliphatic imine (C=N–C) groups is 1. The number of hydrogen-bond donors (Lipinski definition) is 3. The molecule has 0 spiro atoms. The van der Waals surface area contributed by atoms with Crippen molar-refractivity contribution in [3.63, 3.8) is 0 Å². The minimum atomic E-state index is -4.16. The maximum atomic E-state index is 12.6. The highest BCUT2D eigenvalue weighted by atomic mass is 32.2. The van der Waals surface area contributed by atoms with Gasteiger partial charge in [-0.15, -0.1) is 4.99 Å². The van der Waals surface area contributed by atoms with Crippen LogP contribution in [0.4, 0.5) is 21.0 Å². The van der Waals surface area contributed by atoms with Crippen molar-refractivity contribution in [2.75, 3.05) is 24.9 Å². The van der Waals surface area contributed by atoms with Crippen LogP contribution < -0.4 is 20.1 Å². The van der Waals surface area contributed by atoms with E-state index in [0.29, 0.717) is 6.42 Å². The first-order valence-electron chi connectivity index (χ1n) is 9.90. The second-order valence-electron chi connectivity index (χ2n) is 6.53. The number of methoxy groups -OCH3 is 2. The Balaban J connectivity index is 2.45. The number of rotatable bonds is 7. The molecule has 0 fully saturated rings. The molecule has 34 heavy (non-hydrogen) atoms. The van der Waals surface area contributed by atoms with Crippen LogP contribution in [0.2, 0.25) is 0 Å². The third-order valence-electron chi connectivity index (χ3n) is 4.02. The number of benzene rings is 2. The van der Waals surface area contributed by atoms with Crippen LogP contribution >= 0.6 is 0 Å². The molecule has 3 amide bonds. The molecule has 0 radical (unpaired) electrons. The van der Waals surface area contributed by atoms with E-state index in [2.05, 4.69) is 30.4 Å². The minimum Gasteiger partial charge on any atom is -0.453 e. The summed E-state index contributed by atoms with van der Waals surface area (Å²) < 4.78 is 39.3. The number of amides is 3. The average Bonchev–Trinajstić information content (AvgIpc) is 2.81. The minimum absolute atomic E-state index is 0.0595. The van der Waals surface area contributed by atoms with Gasteiger partial charge < -0.3 is 24.3 Å². The Morgan fingerprint density at radius 2 is 1.65 bits per heavy atom. The lowest BCUT2D eigenvalue weighted by Crippen LogP contribution is -2.36. The number of ether oxygens (including phenoxy) is 2. The Labute approximate surface area is 196 Å². The molecular weight excluding hydrogens is 468 g/mol. The van der Waals surface area contributed by atoms with Gasteiger partial charge in [0.1, 0.15) is 10.6 Å². The molecule has 0 heterocycles. The van der Waals surface area contributed by atoms with Gasteiger partial charge in [-0.05, 0) is 30.7 Å². The monoisotopic (exact) mass is 492 g/mol. The van der Waals surface area contributed by atoms with E-state index in [-0.39, 0.29) is 34.3 Å². The molecule has 0 aliphatic carbocycles. The van der Waals surface area contributed by atoms with Crippen LogP contribution in [-0.4, -0.2) is 46.7 Å². The van der Waals surface area contributed by atoms with E-state index in [4.69, 9.17) is 4.18 Å². The number of guanidine groups is 1. The number of nitrogens with one attached hydrogen (secondary N) is 3. The highest BCUT2D eigenvalue weighted by Gasteiger charge is 2.19. The zero-order chi connectivity index (χ0) is 25.1. The number of carbonyl (C=O) groups excluding carboxylic acids is 3. The smallest absolute Gasteiger partial charge is 0.436 e. The Bertz CT molecular complexity index is 1170. The van der Waals surface area contributed by atoms with Crippen molar-refractivity contribution in [1.82, 2.24) is 5.32 Å². The van der Waals surface area contributed by atoms with Crippen molar-refractivity contribution in [1.29, 1.82) is 0 Å². The highest BCUT2D eigenvalue weighted by Crippen LogP contribution is 2.29. The van der Waals surface area contributed by atoms with E-state index in [1.807, 2.05) is 6.92 Å². The molecule has 2 rings (SSSR count). The topological polar surface area (TPSA) is 161 Å². The Hall–Kier alpha value is -4.13. The summed E-state index contributed by atoms with van der Waals surface area (Å²) in [6, 6.07) is 11.5. The van der Waals surface area contributed by atoms with Crippen LogP contribution in [0.25, 0.3) is 0 Å². The molecular formula is C21H24N4O8S. The lowest BCUT2D eigenvalue weighted by molar-refractivity contribution is -0.116. The molecule has 0 aliphatic rings. The van der Waals surface area contributed by atoms with Crippen molar-refractivity contribution in [2.24, 2.45) is 4.99 Å². The molecule has 0 aliphatic heterocycles. The fourth-order valence-corrected chi connectivity index (χ4v) is 3.43. The number of carbonyl (C=O) groups is 3. The SMILES string of the molecule is CCCC(=O)Nc1ccc(OS(=O)(=O)c2ccccc2)cc1NC(=NC(=O)OC)NC(=O)OC. The molecule has 0 atom stereocenters. The van der Waals surface area contributed by atoms with Crippen LogP contribution in [0, 0.1) is 0 Å². The highest BCUT2D eigenvalue weighted by molar-refractivity contribution is 7.87. The van der Waals surface area contributed by atoms with Crippen LogP contribution in [0.5, 0.6) is 5.75 Å². The Morgan fingerprint density at radius 1 is 0.941 bits per heavy atom. The van der Waals surface area contributed by atoms with E-state index in [9.17, 15) is 22.8 Å². The molecule has 182 valence electrons. The molecule has 2 aromatic rings. The number of alkyl carbamates (subject to hydrolysis) is 1. The lowest BCUT2D eigenvalue weighted by atomic mass is 10.2. The molecule has 0 aromatic heterocycles. The summed E-state index contributed by atoms with van der Waals surface area (Å²) in [5, 5.41) is 7.48. The molecule has 0 saturated heterocycles. The van der Waals surface area contributed by atoms with Gasteiger partial charge in [0.15, 0.2) is 0 Å². The molecule has 0 unspecified atom stereocenters. The molecule has 12 nitrogen and oxygen atoms in total. The fraction of sp³-hybridized carbons (Fsp3) is 0.238. The first-order valence-corrected chi connectivity index (χ1v) is 11.3. The van der Waals surface area contributed by atoms with E-state index >= 15 is 0 Å². The fourth-order valence-electron chi connectivity index (χ4n) is 2.49. The van der Waals surface area contributed by atoms with Gasteiger partial charge in [0.05, 0.1) is 25.6 Å². The summed E-state index contributed by atoms with van der Waals surface area (Å²) in [6.45, 7) is 1.82. The molecule has 2 aromatic carbocycles. The second-order valence-corrected chi connectivity index (χ2v) is 8.07. The first kappa shape index (κ1) is 26.1. The van der Waals surface area contributed by atoms with Crippen LogP contribution in [0.15, 0.2) is 58.4 Å². The molecule has 13 heteroatoms. The molecule has 3 N–H and O–H groups in total. The van der Waals surface area contributed by atoms with Gasteiger partial charge in [0.2, 0.25) is 11.9 Å². The average molecular weight is 493 g/mol. The third-order valence-corrected chi connectivity index (χ3v) is 5.28. The molecule has 0 saturated carbocycles. The predicted octanol–water partition coefficient (Wildman–Crippen LogP) is 3.08. The van der Waals surface area contributed by atoms with Gasteiger partial charge in [-0.25, -0.2) is 9.59 Å². The zero-order valence-corrected chi connectivity index (χ0v) is 19.5. The second kappa shape index (κ2) is 12.2. The quantitative estimate of drug-likeness (QED) is 0.299. The van der Waals surface area contributed by atoms with Gasteiger partial charge in [0, 0.05) is 12.5 Å².